The van der Waals surface area contributed by atoms with E-state index >= 15 is 0 Å². The summed E-state index contributed by atoms with van der Waals surface area (Å²) in [4.78, 5) is 24.5. The number of carboxylic acids is 1. The van der Waals surface area contributed by atoms with E-state index in [1.54, 1.807) is 18.2 Å². The minimum absolute atomic E-state index is 0.0427. The van der Waals surface area contributed by atoms with Gasteiger partial charge in [0.15, 0.2) is 6.04 Å². The van der Waals surface area contributed by atoms with Crippen molar-refractivity contribution in [3.8, 4) is 0 Å². The molecule has 0 aliphatic carbocycles. The maximum absolute atomic E-state index is 12.2. The molecule has 0 bridgehead atoms. The molecule has 1 saturated heterocycles. The molecule has 0 aromatic heterocycles. The molecule has 1 aromatic rings. The van der Waals surface area contributed by atoms with Crippen LogP contribution in [0.1, 0.15) is 0 Å². The average Bonchev–Trinajstić information content (AvgIpc) is 2.43. The molecule has 2 N–H and O–H groups in total. The number of nitrogens with one attached hydrogen (secondary N) is 1. The molecule has 2 rings (SSSR count). The van der Waals surface area contributed by atoms with Crippen LogP contribution in [0.4, 0.5) is 10.5 Å². The fourth-order valence-electron chi connectivity index (χ4n) is 1.85. The first-order valence-corrected chi connectivity index (χ1v) is 6.58. The van der Waals surface area contributed by atoms with Gasteiger partial charge in [0.2, 0.25) is 0 Å². The molecular weight excluding hydrogens is 307 g/mol. The number of carbonyl (C=O) groups is 2. The van der Waals surface area contributed by atoms with Crippen molar-refractivity contribution in [2.45, 2.75) is 6.04 Å². The van der Waals surface area contributed by atoms with Gasteiger partial charge in [-0.1, -0.05) is 29.3 Å². The summed E-state index contributed by atoms with van der Waals surface area (Å²) in [6.07, 6.45) is 0. The lowest BCUT2D eigenvalue weighted by Gasteiger charge is -2.32. The molecule has 20 heavy (non-hydrogen) atoms. The van der Waals surface area contributed by atoms with E-state index in [2.05, 4.69) is 5.32 Å². The minimum atomic E-state index is -1.12. The SMILES string of the molecule is O=C(O)C1COCCN1C(=O)Nc1c(Cl)cccc1Cl. The number of anilines is 1. The van der Waals surface area contributed by atoms with Crippen LogP contribution in [0.5, 0.6) is 0 Å². The second kappa shape index (κ2) is 6.30. The second-order valence-corrected chi connectivity index (χ2v) is 4.96. The molecular formula is C12H12Cl2N2O4. The Labute approximate surface area is 125 Å². The minimum Gasteiger partial charge on any atom is -0.480 e. The topological polar surface area (TPSA) is 78.9 Å². The monoisotopic (exact) mass is 318 g/mol. The van der Waals surface area contributed by atoms with Crippen molar-refractivity contribution < 1.29 is 19.4 Å². The summed E-state index contributed by atoms with van der Waals surface area (Å²) in [6.45, 7) is 0.428. The molecule has 1 aromatic carbocycles. The highest BCUT2D eigenvalue weighted by Crippen LogP contribution is 2.30. The summed E-state index contributed by atoms with van der Waals surface area (Å²) in [6, 6.07) is 3.21. The largest absolute Gasteiger partial charge is 0.480 e. The van der Waals surface area contributed by atoms with E-state index < -0.39 is 18.0 Å². The zero-order valence-electron chi connectivity index (χ0n) is 10.3. The van der Waals surface area contributed by atoms with Crippen molar-refractivity contribution in [2.75, 3.05) is 25.1 Å². The number of urea groups is 1. The zero-order valence-corrected chi connectivity index (χ0v) is 11.8. The molecule has 1 fully saturated rings. The molecule has 1 aliphatic heterocycles. The Morgan fingerprint density at radius 3 is 2.60 bits per heavy atom. The fourth-order valence-corrected chi connectivity index (χ4v) is 2.34. The van der Waals surface area contributed by atoms with Gasteiger partial charge in [-0.3, -0.25) is 0 Å². The van der Waals surface area contributed by atoms with E-state index in [1.807, 2.05) is 0 Å². The number of morpholine rings is 1. The number of amides is 2. The summed E-state index contributed by atoms with van der Waals surface area (Å²) in [5.41, 5.74) is 0.261. The van der Waals surface area contributed by atoms with E-state index in [-0.39, 0.29) is 35.5 Å². The summed E-state index contributed by atoms with van der Waals surface area (Å²) in [7, 11) is 0. The number of rotatable bonds is 2. The van der Waals surface area contributed by atoms with E-state index in [4.69, 9.17) is 33.0 Å². The predicted octanol–water partition coefficient (Wildman–Crippen LogP) is 2.31. The van der Waals surface area contributed by atoms with Crippen LogP contribution in [0.15, 0.2) is 18.2 Å². The number of carboxylic acid groups (broad SMARTS) is 1. The van der Waals surface area contributed by atoms with Crippen molar-refractivity contribution in [3.63, 3.8) is 0 Å². The molecule has 0 radical (unpaired) electrons. The molecule has 6 nitrogen and oxygen atoms in total. The van der Waals surface area contributed by atoms with E-state index in [0.717, 1.165) is 0 Å². The third-order valence-corrected chi connectivity index (χ3v) is 3.50. The number of hydrogen-bond acceptors (Lipinski definition) is 3. The Bertz CT molecular complexity index is 518. The number of benzene rings is 1. The molecule has 0 saturated carbocycles. The Morgan fingerprint density at radius 1 is 1.35 bits per heavy atom. The Balaban J connectivity index is 2.16. The van der Waals surface area contributed by atoms with Crippen LogP contribution in [-0.4, -0.2) is 47.8 Å². The number of hydrogen-bond donors (Lipinski definition) is 2. The smallest absolute Gasteiger partial charge is 0.328 e. The van der Waals surface area contributed by atoms with Gasteiger partial charge in [0.05, 0.1) is 28.9 Å². The average molecular weight is 319 g/mol. The highest BCUT2D eigenvalue weighted by atomic mass is 35.5. The van der Waals surface area contributed by atoms with Gasteiger partial charge in [-0.25, -0.2) is 9.59 Å². The van der Waals surface area contributed by atoms with Crippen LogP contribution in [0.25, 0.3) is 0 Å². The Kier molecular flexibility index (Phi) is 4.69. The fraction of sp³-hybridized carbons (Fsp3) is 0.333. The number of aliphatic carboxylic acids is 1. The van der Waals surface area contributed by atoms with Crippen molar-refractivity contribution in [2.24, 2.45) is 0 Å². The Morgan fingerprint density at radius 2 is 2.00 bits per heavy atom. The van der Waals surface area contributed by atoms with E-state index in [0.29, 0.717) is 0 Å². The van der Waals surface area contributed by atoms with Gasteiger partial charge in [0.25, 0.3) is 0 Å². The van der Waals surface area contributed by atoms with E-state index in [9.17, 15) is 9.59 Å². The highest BCUT2D eigenvalue weighted by molar-refractivity contribution is 6.39. The third-order valence-electron chi connectivity index (χ3n) is 2.87. The van der Waals surface area contributed by atoms with Gasteiger partial charge in [-0.2, -0.15) is 0 Å². The summed E-state index contributed by atoms with van der Waals surface area (Å²) >= 11 is 11.9. The molecule has 1 aliphatic rings. The van der Waals surface area contributed by atoms with Gasteiger partial charge in [0, 0.05) is 6.54 Å². The molecule has 8 heteroatoms. The van der Waals surface area contributed by atoms with Gasteiger partial charge >= 0.3 is 12.0 Å². The highest BCUT2D eigenvalue weighted by Gasteiger charge is 2.33. The lowest BCUT2D eigenvalue weighted by Crippen LogP contribution is -2.54. The molecule has 2 amide bonds. The Hall–Kier alpha value is -1.50. The van der Waals surface area contributed by atoms with Crippen molar-refractivity contribution >= 4 is 40.9 Å². The normalized spacial score (nSPS) is 18.7. The molecule has 1 atom stereocenters. The second-order valence-electron chi connectivity index (χ2n) is 4.15. The van der Waals surface area contributed by atoms with Crippen molar-refractivity contribution in [1.29, 1.82) is 0 Å². The summed E-state index contributed by atoms with van der Waals surface area (Å²) in [5, 5.41) is 12.2. The lowest BCUT2D eigenvalue weighted by atomic mass is 10.2. The summed E-state index contributed by atoms with van der Waals surface area (Å²) < 4.78 is 5.07. The van der Waals surface area contributed by atoms with Gasteiger partial charge in [-0.05, 0) is 12.1 Å². The first-order chi connectivity index (χ1) is 9.50. The molecule has 1 heterocycles. The van der Waals surface area contributed by atoms with Crippen LogP contribution in [0.2, 0.25) is 10.0 Å². The molecule has 108 valence electrons. The summed E-state index contributed by atoms with van der Waals surface area (Å²) in [5.74, 6) is -1.12. The lowest BCUT2D eigenvalue weighted by molar-refractivity contribution is -0.147. The number of halogens is 2. The van der Waals surface area contributed by atoms with Crippen LogP contribution in [0, 0.1) is 0 Å². The molecule has 1 unspecified atom stereocenters. The number of nitrogens with zero attached hydrogens (tertiary/aromatic N) is 1. The van der Waals surface area contributed by atoms with Crippen molar-refractivity contribution in [3.05, 3.63) is 28.2 Å². The van der Waals surface area contributed by atoms with Gasteiger partial charge in [-0.15, -0.1) is 0 Å². The predicted molar refractivity (Wildman–Crippen MR) is 74.4 cm³/mol. The first-order valence-electron chi connectivity index (χ1n) is 5.83. The van der Waals surface area contributed by atoms with Crippen LogP contribution in [-0.2, 0) is 9.53 Å². The quantitative estimate of drug-likeness (QED) is 0.877. The standard InChI is InChI=1S/C12H12Cl2N2O4/c13-7-2-1-3-8(14)10(7)15-12(19)16-4-5-20-6-9(16)11(17)18/h1-3,9H,4-6H2,(H,15,19)(H,17,18). The van der Waals surface area contributed by atoms with Crippen LogP contribution >= 0.6 is 23.2 Å². The van der Waals surface area contributed by atoms with Crippen molar-refractivity contribution in [1.82, 2.24) is 4.90 Å². The maximum Gasteiger partial charge on any atom is 0.328 e. The van der Waals surface area contributed by atoms with E-state index in [1.165, 1.54) is 4.90 Å². The third kappa shape index (κ3) is 3.15. The number of carbonyl (C=O) groups excluding carboxylic acids is 1. The first kappa shape index (κ1) is 14.9. The number of ether oxygens (including phenoxy) is 1. The number of para-hydroxylation sites is 1. The maximum atomic E-state index is 12.2. The van der Waals surface area contributed by atoms with Crippen LogP contribution in [0.3, 0.4) is 0 Å². The molecule has 0 spiro atoms. The zero-order chi connectivity index (χ0) is 14.7. The van der Waals surface area contributed by atoms with Gasteiger partial charge in [0.1, 0.15) is 0 Å². The van der Waals surface area contributed by atoms with Crippen LogP contribution < -0.4 is 5.32 Å². The van der Waals surface area contributed by atoms with Gasteiger partial charge < -0.3 is 20.1 Å².